The van der Waals surface area contributed by atoms with Crippen LogP contribution >= 0.6 is 11.3 Å². The smallest absolute Gasteiger partial charge is 0.272 e. The summed E-state index contributed by atoms with van der Waals surface area (Å²) in [5.74, 6) is -1.12. The van der Waals surface area contributed by atoms with E-state index in [0.29, 0.717) is 27.0 Å². The zero-order valence-corrected chi connectivity index (χ0v) is 23.3. The molecule has 5 rings (SSSR count). The third kappa shape index (κ3) is 5.86. The summed E-state index contributed by atoms with van der Waals surface area (Å²) in [6.07, 6.45) is -1.48. The van der Waals surface area contributed by atoms with E-state index in [2.05, 4.69) is 15.1 Å². The zero-order chi connectivity index (χ0) is 29.9. The van der Waals surface area contributed by atoms with Crippen LogP contribution in [-0.4, -0.2) is 29.5 Å². The molecule has 0 aliphatic rings. The molecule has 212 valence electrons. The van der Waals surface area contributed by atoms with Gasteiger partial charge < -0.3 is 14.9 Å². The highest BCUT2D eigenvalue weighted by Crippen LogP contribution is 2.34. The van der Waals surface area contributed by atoms with Crippen molar-refractivity contribution in [2.24, 2.45) is 0 Å². The minimum Gasteiger partial charge on any atom is -0.476 e. The van der Waals surface area contributed by atoms with Gasteiger partial charge in [0, 0.05) is 5.56 Å². The van der Waals surface area contributed by atoms with Crippen molar-refractivity contribution in [2.75, 3.05) is 5.32 Å². The average molecular weight is 604 g/mol. The van der Waals surface area contributed by atoms with Crippen LogP contribution < -0.4 is 10.1 Å². The summed E-state index contributed by atoms with van der Waals surface area (Å²) in [6.45, 7) is 6.58. The number of aliphatic hydroxyl groups is 2. The first-order chi connectivity index (χ1) is 20.2. The fourth-order valence-corrected chi connectivity index (χ4v) is 6.66. The van der Waals surface area contributed by atoms with E-state index in [9.17, 15) is 27.8 Å². The number of benzene rings is 4. The molecule has 1 atom stereocenters. The molecule has 0 fully saturated rings. The van der Waals surface area contributed by atoms with Crippen LogP contribution in [0.5, 0.6) is 5.75 Å². The Morgan fingerprint density at radius 2 is 1.67 bits per heavy atom. The van der Waals surface area contributed by atoms with Crippen molar-refractivity contribution in [3.8, 4) is 5.75 Å². The number of ether oxygens (including phenoxy) is 1. The number of halogens is 1. The van der Waals surface area contributed by atoms with Crippen molar-refractivity contribution in [3.05, 3.63) is 119 Å². The number of nitrogens with one attached hydrogen (secondary N) is 1. The van der Waals surface area contributed by atoms with Crippen molar-refractivity contribution in [1.82, 2.24) is 4.98 Å². The molecule has 5 aromatic rings. The van der Waals surface area contributed by atoms with Crippen LogP contribution in [0.3, 0.4) is 0 Å². The molecule has 0 radical (unpaired) electrons. The van der Waals surface area contributed by atoms with Gasteiger partial charge in [-0.2, -0.15) is 0 Å². The summed E-state index contributed by atoms with van der Waals surface area (Å²) in [4.78, 5) is 21.2. The van der Waals surface area contributed by atoms with Gasteiger partial charge in [0.2, 0.25) is 15.9 Å². The Morgan fingerprint density at radius 1 is 1.00 bits per heavy atom. The third-order valence-electron chi connectivity index (χ3n) is 6.35. The first kappa shape index (κ1) is 28.8. The van der Waals surface area contributed by atoms with Crippen LogP contribution in [0.1, 0.15) is 22.8 Å². The van der Waals surface area contributed by atoms with Gasteiger partial charge in [0.1, 0.15) is 11.6 Å². The number of sulfone groups is 1. The number of thiazole rings is 1. The number of rotatable bonds is 9. The van der Waals surface area contributed by atoms with Crippen molar-refractivity contribution in [3.63, 3.8) is 0 Å². The van der Waals surface area contributed by atoms with Crippen LogP contribution in [0, 0.1) is 12.4 Å². The predicted molar refractivity (Wildman–Crippen MR) is 154 cm³/mol. The Kier molecular flexibility index (Phi) is 8.28. The van der Waals surface area contributed by atoms with Crippen LogP contribution in [0.15, 0.2) is 94.7 Å². The topological polar surface area (TPSA) is 130 Å². The standard InChI is InChI=1S/C30H22FN3O6S2/c1-32-21-8-10-22(11-9-21)40-28(24-4-2-3-5-27(24)42(38,39)23-12-6-20(31)7-13-23)29(37)34-30-33-25-14-18(16-35)19(17-36)15-26(25)41-30/h2-15,28,35-36H,16-17H2,(H,33,34,37). The van der Waals surface area contributed by atoms with E-state index in [1.165, 1.54) is 42.5 Å². The number of fused-ring (bicyclic) bond motifs is 1. The summed E-state index contributed by atoms with van der Waals surface area (Å²) in [6, 6.07) is 19.5. The molecule has 1 amide bonds. The summed E-state index contributed by atoms with van der Waals surface area (Å²) in [5, 5.41) is 22.1. The molecule has 1 unspecified atom stereocenters. The number of hydrogen-bond acceptors (Lipinski definition) is 8. The van der Waals surface area contributed by atoms with Gasteiger partial charge in [-0.05, 0) is 65.7 Å². The Morgan fingerprint density at radius 3 is 2.33 bits per heavy atom. The van der Waals surface area contributed by atoms with E-state index < -0.39 is 27.7 Å². The molecule has 0 aliphatic heterocycles. The summed E-state index contributed by atoms with van der Waals surface area (Å²) < 4.78 is 47.5. The maximum atomic E-state index is 13.8. The minimum absolute atomic E-state index is 0.0276. The summed E-state index contributed by atoms with van der Waals surface area (Å²) in [7, 11) is -4.20. The molecule has 3 N–H and O–H groups in total. The van der Waals surface area contributed by atoms with Crippen molar-refractivity contribution >= 4 is 48.1 Å². The lowest BCUT2D eigenvalue weighted by Gasteiger charge is -2.21. The highest BCUT2D eigenvalue weighted by Gasteiger charge is 2.31. The Balaban J connectivity index is 1.56. The van der Waals surface area contributed by atoms with Gasteiger partial charge >= 0.3 is 0 Å². The lowest BCUT2D eigenvalue weighted by atomic mass is 10.1. The molecule has 0 aliphatic carbocycles. The van der Waals surface area contributed by atoms with Gasteiger partial charge in [0.05, 0.1) is 39.8 Å². The van der Waals surface area contributed by atoms with E-state index >= 15 is 0 Å². The monoisotopic (exact) mass is 603 g/mol. The largest absolute Gasteiger partial charge is 0.476 e. The van der Waals surface area contributed by atoms with E-state index in [-0.39, 0.29) is 39.4 Å². The van der Waals surface area contributed by atoms with Gasteiger partial charge in [0.15, 0.2) is 10.8 Å². The van der Waals surface area contributed by atoms with Gasteiger partial charge in [-0.1, -0.05) is 41.7 Å². The lowest BCUT2D eigenvalue weighted by Crippen LogP contribution is -2.27. The molecule has 0 spiro atoms. The fourth-order valence-electron chi connectivity index (χ4n) is 4.25. The van der Waals surface area contributed by atoms with Crippen LogP contribution in [0.4, 0.5) is 15.2 Å². The number of nitrogens with zero attached hydrogens (tertiary/aromatic N) is 2. The second-order valence-corrected chi connectivity index (χ2v) is 12.0. The molecule has 1 heterocycles. The molecular formula is C30H22FN3O6S2. The van der Waals surface area contributed by atoms with Crippen LogP contribution in [-0.2, 0) is 27.8 Å². The highest BCUT2D eigenvalue weighted by molar-refractivity contribution is 7.91. The number of carbonyl (C=O) groups excluding carboxylic acids is 1. The molecule has 9 nitrogen and oxygen atoms in total. The second kappa shape index (κ2) is 12.1. The molecule has 0 saturated carbocycles. The van der Waals surface area contributed by atoms with Gasteiger partial charge in [0.25, 0.3) is 5.91 Å². The second-order valence-electron chi connectivity index (χ2n) is 9.01. The SMILES string of the molecule is [C-]#[N+]c1ccc(OC(C(=O)Nc2nc3cc(CO)c(CO)cc3s2)c2ccccc2S(=O)(=O)c2ccc(F)cc2)cc1. The Hall–Kier alpha value is -4.67. The van der Waals surface area contributed by atoms with E-state index in [1.54, 1.807) is 18.2 Å². The number of carbonyl (C=O) groups is 1. The summed E-state index contributed by atoms with van der Waals surface area (Å²) >= 11 is 1.13. The van der Waals surface area contributed by atoms with Gasteiger partial charge in [-0.25, -0.2) is 22.6 Å². The maximum Gasteiger partial charge on any atom is 0.272 e. The molecule has 0 saturated heterocycles. The zero-order valence-electron chi connectivity index (χ0n) is 21.7. The quantitative estimate of drug-likeness (QED) is 0.149. The fraction of sp³-hybridized carbons (Fsp3) is 0.100. The number of aliphatic hydroxyl groups excluding tert-OH is 2. The van der Waals surface area contributed by atoms with Crippen molar-refractivity contribution in [2.45, 2.75) is 29.1 Å². The molecule has 4 aromatic carbocycles. The molecule has 42 heavy (non-hydrogen) atoms. The molecule has 0 bridgehead atoms. The number of amides is 1. The number of anilines is 1. The number of aromatic nitrogens is 1. The number of hydrogen-bond donors (Lipinski definition) is 3. The normalized spacial score (nSPS) is 12.0. The third-order valence-corrected chi connectivity index (χ3v) is 9.13. The average Bonchev–Trinajstić information content (AvgIpc) is 3.40. The van der Waals surface area contributed by atoms with E-state index in [1.807, 2.05) is 0 Å². The Bertz CT molecular complexity index is 1880. The predicted octanol–water partition coefficient (Wildman–Crippen LogP) is 5.56. The first-order valence-electron chi connectivity index (χ1n) is 12.4. The van der Waals surface area contributed by atoms with E-state index in [4.69, 9.17) is 11.3 Å². The van der Waals surface area contributed by atoms with Crippen LogP contribution in [0.25, 0.3) is 15.1 Å². The van der Waals surface area contributed by atoms with Crippen molar-refractivity contribution < 1.29 is 32.6 Å². The lowest BCUT2D eigenvalue weighted by molar-refractivity contribution is -0.123. The minimum atomic E-state index is -4.20. The van der Waals surface area contributed by atoms with Gasteiger partial charge in [-0.3, -0.25) is 10.1 Å². The molecule has 1 aromatic heterocycles. The maximum absolute atomic E-state index is 13.8. The van der Waals surface area contributed by atoms with Gasteiger partial charge in [-0.15, -0.1) is 0 Å². The Labute approximate surface area is 244 Å². The van der Waals surface area contributed by atoms with Crippen LogP contribution in [0.2, 0.25) is 0 Å². The highest BCUT2D eigenvalue weighted by atomic mass is 32.2. The van der Waals surface area contributed by atoms with E-state index in [0.717, 1.165) is 35.6 Å². The summed E-state index contributed by atoms with van der Waals surface area (Å²) in [5.41, 5.74) is 1.89. The first-order valence-corrected chi connectivity index (χ1v) is 14.7. The molecule has 12 heteroatoms. The van der Waals surface area contributed by atoms with Crippen molar-refractivity contribution in [1.29, 1.82) is 0 Å². The molecular weight excluding hydrogens is 581 g/mol.